The standard InChI is InChI=1S/C16H23NO3/c1-18-14-7-11(8-15(19-2)16(14)20-3)12-6-10-4-5-13(12)17-9-10/h7-8,10,12-13,17H,4-6,9H2,1-3H3. The lowest BCUT2D eigenvalue weighted by Crippen LogP contribution is -2.48. The topological polar surface area (TPSA) is 39.7 Å². The Morgan fingerprint density at radius 1 is 1.00 bits per heavy atom. The Bertz CT molecular complexity index is 456. The van der Waals surface area contributed by atoms with Crippen molar-refractivity contribution < 1.29 is 14.2 Å². The highest BCUT2D eigenvalue weighted by Crippen LogP contribution is 2.45. The highest BCUT2D eigenvalue weighted by molar-refractivity contribution is 5.54. The van der Waals surface area contributed by atoms with E-state index >= 15 is 0 Å². The summed E-state index contributed by atoms with van der Waals surface area (Å²) in [5.41, 5.74) is 1.29. The molecular weight excluding hydrogens is 254 g/mol. The lowest BCUT2D eigenvalue weighted by molar-refractivity contribution is 0.182. The molecule has 1 aromatic rings. The average Bonchev–Trinajstić information content (AvgIpc) is 2.54. The quantitative estimate of drug-likeness (QED) is 0.918. The van der Waals surface area contributed by atoms with E-state index in [0.717, 1.165) is 17.4 Å². The van der Waals surface area contributed by atoms with Crippen molar-refractivity contribution in [2.24, 2.45) is 5.92 Å². The van der Waals surface area contributed by atoms with Crippen LogP contribution < -0.4 is 19.5 Å². The van der Waals surface area contributed by atoms with Crippen molar-refractivity contribution >= 4 is 0 Å². The van der Waals surface area contributed by atoms with Crippen LogP contribution >= 0.6 is 0 Å². The molecule has 2 heterocycles. The number of hydrogen-bond acceptors (Lipinski definition) is 4. The molecule has 3 fully saturated rings. The Labute approximate surface area is 120 Å². The minimum absolute atomic E-state index is 0.552. The van der Waals surface area contributed by atoms with Crippen LogP contribution in [0.4, 0.5) is 0 Å². The summed E-state index contributed by atoms with van der Waals surface area (Å²) in [6.07, 6.45) is 3.89. The second-order valence-electron chi connectivity index (χ2n) is 5.76. The Balaban J connectivity index is 1.97. The van der Waals surface area contributed by atoms with Gasteiger partial charge in [0, 0.05) is 6.04 Å². The Morgan fingerprint density at radius 3 is 2.10 bits per heavy atom. The summed E-state index contributed by atoms with van der Waals surface area (Å²) in [6, 6.07) is 4.80. The van der Waals surface area contributed by atoms with Crippen molar-refractivity contribution in [3.8, 4) is 17.2 Å². The lowest BCUT2D eigenvalue weighted by Gasteiger charge is -2.43. The van der Waals surface area contributed by atoms with Crippen molar-refractivity contribution in [2.45, 2.75) is 31.2 Å². The van der Waals surface area contributed by atoms with Gasteiger partial charge in [-0.05, 0) is 55.3 Å². The van der Waals surface area contributed by atoms with Gasteiger partial charge in [0.05, 0.1) is 21.3 Å². The van der Waals surface area contributed by atoms with E-state index in [1.807, 2.05) is 0 Å². The maximum Gasteiger partial charge on any atom is 0.203 e. The van der Waals surface area contributed by atoms with Gasteiger partial charge in [-0.15, -0.1) is 0 Å². The smallest absolute Gasteiger partial charge is 0.203 e. The molecule has 4 nitrogen and oxygen atoms in total. The molecule has 2 saturated heterocycles. The summed E-state index contributed by atoms with van der Waals surface area (Å²) in [4.78, 5) is 0. The number of piperidine rings is 2. The highest BCUT2D eigenvalue weighted by Gasteiger charge is 2.36. The van der Waals surface area contributed by atoms with Gasteiger partial charge in [-0.1, -0.05) is 0 Å². The first kappa shape index (κ1) is 13.6. The summed E-state index contributed by atoms with van der Waals surface area (Å²) in [5.74, 6) is 3.54. The summed E-state index contributed by atoms with van der Waals surface area (Å²) >= 11 is 0. The molecule has 1 N–H and O–H groups in total. The molecule has 0 aromatic heterocycles. The van der Waals surface area contributed by atoms with E-state index in [0.29, 0.717) is 17.7 Å². The minimum Gasteiger partial charge on any atom is -0.493 e. The molecule has 2 aliphatic heterocycles. The number of rotatable bonds is 4. The van der Waals surface area contributed by atoms with Crippen molar-refractivity contribution in [1.29, 1.82) is 0 Å². The van der Waals surface area contributed by atoms with Crippen molar-refractivity contribution in [3.63, 3.8) is 0 Å². The third-order valence-corrected chi connectivity index (χ3v) is 4.74. The van der Waals surface area contributed by atoms with Crippen LogP contribution in [0.1, 0.15) is 30.7 Å². The van der Waals surface area contributed by atoms with Gasteiger partial charge < -0.3 is 19.5 Å². The fourth-order valence-corrected chi connectivity index (χ4v) is 3.69. The highest BCUT2D eigenvalue weighted by atomic mass is 16.5. The van der Waals surface area contributed by atoms with Crippen molar-refractivity contribution in [2.75, 3.05) is 27.9 Å². The van der Waals surface area contributed by atoms with Gasteiger partial charge in [0.1, 0.15) is 0 Å². The van der Waals surface area contributed by atoms with Crippen LogP contribution in [-0.2, 0) is 0 Å². The van der Waals surface area contributed by atoms with E-state index in [2.05, 4.69) is 17.4 Å². The zero-order valence-corrected chi connectivity index (χ0v) is 12.4. The number of benzene rings is 1. The molecule has 3 aliphatic rings. The van der Waals surface area contributed by atoms with E-state index < -0.39 is 0 Å². The van der Waals surface area contributed by atoms with E-state index in [4.69, 9.17) is 14.2 Å². The molecule has 1 saturated carbocycles. The molecule has 3 atom stereocenters. The summed E-state index contributed by atoms with van der Waals surface area (Å²) < 4.78 is 16.3. The number of methoxy groups -OCH3 is 3. The SMILES string of the molecule is COc1cc(C2CC3CCC2NC3)cc(OC)c1OC. The molecule has 0 amide bonds. The summed E-state index contributed by atoms with van der Waals surface area (Å²) in [6.45, 7) is 1.17. The molecule has 0 spiro atoms. The Kier molecular flexibility index (Phi) is 3.74. The third-order valence-electron chi connectivity index (χ3n) is 4.74. The van der Waals surface area contributed by atoms with Crippen LogP contribution in [0.15, 0.2) is 12.1 Å². The molecule has 2 bridgehead atoms. The first-order valence-electron chi connectivity index (χ1n) is 7.30. The van der Waals surface area contributed by atoms with Crippen molar-refractivity contribution in [1.82, 2.24) is 5.32 Å². The minimum atomic E-state index is 0.552. The van der Waals surface area contributed by atoms with E-state index in [9.17, 15) is 0 Å². The van der Waals surface area contributed by atoms with Gasteiger partial charge in [-0.2, -0.15) is 0 Å². The molecule has 110 valence electrons. The van der Waals surface area contributed by atoms with Crippen LogP contribution in [0.25, 0.3) is 0 Å². The number of nitrogens with one attached hydrogen (secondary N) is 1. The lowest BCUT2D eigenvalue weighted by atomic mass is 9.71. The van der Waals surface area contributed by atoms with Crippen LogP contribution in [0, 0.1) is 5.92 Å². The Morgan fingerprint density at radius 2 is 1.70 bits per heavy atom. The number of fused-ring (bicyclic) bond motifs is 3. The van der Waals surface area contributed by atoms with E-state index in [1.54, 1.807) is 21.3 Å². The summed E-state index contributed by atoms with van der Waals surface area (Å²) in [7, 11) is 4.99. The molecule has 0 radical (unpaired) electrons. The van der Waals surface area contributed by atoms with E-state index in [-0.39, 0.29) is 0 Å². The first-order chi connectivity index (χ1) is 9.76. The van der Waals surface area contributed by atoms with Gasteiger partial charge >= 0.3 is 0 Å². The largest absolute Gasteiger partial charge is 0.493 e. The van der Waals surface area contributed by atoms with Crippen LogP contribution in [-0.4, -0.2) is 33.9 Å². The fraction of sp³-hybridized carbons (Fsp3) is 0.625. The van der Waals surface area contributed by atoms with Crippen LogP contribution in [0.3, 0.4) is 0 Å². The molecule has 4 heteroatoms. The first-order valence-corrected chi connectivity index (χ1v) is 7.30. The van der Waals surface area contributed by atoms with Crippen molar-refractivity contribution in [3.05, 3.63) is 17.7 Å². The predicted molar refractivity (Wildman–Crippen MR) is 78.0 cm³/mol. The second-order valence-corrected chi connectivity index (χ2v) is 5.76. The third kappa shape index (κ3) is 2.22. The second kappa shape index (κ2) is 5.52. The zero-order valence-electron chi connectivity index (χ0n) is 12.4. The maximum atomic E-state index is 5.46. The molecular formula is C16H23NO3. The van der Waals surface area contributed by atoms with Gasteiger partial charge in [-0.25, -0.2) is 0 Å². The molecule has 4 rings (SSSR count). The predicted octanol–water partition coefficient (Wildman–Crippen LogP) is 2.57. The van der Waals surface area contributed by atoms with Gasteiger partial charge in [0.2, 0.25) is 5.75 Å². The van der Waals surface area contributed by atoms with Crippen LogP contribution in [0.5, 0.6) is 17.2 Å². The van der Waals surface area contributed by atoms with Gasteiger partial charge in [0.15, 0.2) is 11.5 Å². The van der Waals surface area contributed by atoms with Crippen LogP contribution in [0.2, 0.25) is 0 Å². The average molecular weight is 277 g/mol. The molecule has 3 unspecified atom stereocenters. The van der Waals surface area contributed by atoms with Gasteiger partial charge in [0.25, 0.3) is 0 Å². The number of ether oxygens (including phenoxy) is 3. The molecule has 1 aliphatic carbocycles. The number of hydrogen-bond donors (Lipinski definition) is 1. The van der Waals surface area contributed by atoms with E-state index in [1.165, 1.54) is 31.4 Å². The zero-order chi connectivity index (χ0) is 14.1. The molecule has 1 aromatic carbocycles. The van der Waals surface area contributed by atoms with Gasteiger partial charge in [-0.3, -0.25) is 0 Å². The maximum absolute atomic E-state index is 5.46. The monoisotopic (exact) mass is 277 g/mol. The molecule has 20 heavy (non-hydrogen) atoms. The Hall–Kier alpha value is -1.42. The normalized spacial score (nSPS) is 28.2. The fourth-order valence-electron chi connectivity index (χ4n) is 3.69. The summed E-state index contributed by atoms with van der Waals surface area (Å²) in [5, 5.41) is 3.66.